The van der Waals surface area contributed by atoms with Crippen molar-refractivity contribution in [2.75, 3.05) is 13.1 Å². The molecule has 4 heteroatoms. The van der Waals surface area contributed by atoms with Crippen LogP contribution in [0.3, 0.4) is 0 Å². The van der Waals surface area contributed by atoms with E-state index in [0.717, 1.165) is 19.4 Å². The third-order valence-corrected chi connectivity index (χ3v) is 3.42. The smallest absolute Gasteiger partial charge is 0.306 e. The highest BCUT2D eigenvalue weighted by atomic mass is 35.5. The van der Waals surface area contributed by atoms with Gasteiger partial charge >= 0.3 is 5.97 Å². The van der Waals surface area contributed by atoms with Gasteiger partial charge in [-0.15, -0.1) is 12.4 Å². The summed E-state index contributed by atoms with van der Waals surface area (Å²) in [4.78, 5) is 13.3. The number of carboxylic acid groups (broad SMARTS) is 1. The Kier molecular flexibility index (Phi) is 4.20. The molecule has 14 heavy (non-hydrogen) atoms. The van der Waals surface area contributed by atoms with E-state index in [-0.39, 0.29) is 18.3 Å². The molecule has 0 saturated carbocycles. The molecule has 2 unspecified atom stereocenters. The summed E-state index contributed by atoms with van der Waals surface area (Å²) in [6, 6.07) is 0.573. The monoisotopic (exact) mass is 219 g/mol. The summed E-state index contributed by atoms with van der Waals surface area (Å²) in [5.41, 5.74) is 0. The van der Waals surface area contributed by atoms with E-state index in [1.54, 1.807) is 0 Å². The fourth-order valence-electron chi connectivity index (χ4n) is 2.61. The van der Waals surface area contributed by atoms with Crippen LogP contribution in [0.15, 0.2) is 0 Å². The molecule has 2 fully saturated rings. The van der Waals surface area contributed by atoms with E-state index in [9.17, 15) is 4.79 Å². The molecule has 0 aliphatic carbocycles. The number of carboxylic acids is 1. The van der Waals surface area contributed by atoms with Gasteiger partial charge in [0.1, 0.15) is 0 Å². The molecule has 2 atom stereocenters. The topological polar surface area (TPSA) is 40.5 Å². The average molecular weight is 220 g/mol. The Morgan fingerprint density at radius 2 is 2.00 bits per heavy atom. The Balaban J connectivity index is 0.000000980. The van der Waals surface area contributed by atoms with E-state index in [4.69, 9.17) is 5.11 Å². The van der Waals surface area contributed by atoms with Crippen LogP contribution in [0.5, 0.6) is 0 Å². The van der Waals surface area contributed by atoms with Crippen molar-refractivity contribution in [3.8, 4) is 0 Å². The molecule has 2 rings (SSSR count). The van der Waals surface area contributed by atoms with Crippen LogP contribution in [0.2, 0.25) is 0 Å². The maximum absolute atomic E-state index is 10.8. The molecule has 82 valence electrons. The molecule has 2 aliphatic heterocycles. The standard InChI is InChI=1S/C10H17NO2.ClH/c12-10(13)8-4-6-11-5-2-1-3-9(11)7-8;/h8-9H,1-7H2,(H,12,13);1H. The predicted molar refractivity (Wildman–Crippen MR) is 56.8 cm³/mol. The maximum atomic E-state index is 10.8. The first kappa shape index (κ1) is 11.8. The van der Waals surface area contributed by atoms with Crippen molar-refractivity contribution in [1.82, 2.24) is 4.90 Å². The zero-order valence-corrected chi connectivity index (χ0v) is 9.13. The van der Waals surface area contributed by atoms with Gasteiger partial charge in [0.25, 0.3) is 0 Å². The van der Waals surface area contributed by atoms with Gasteiger partial charge in [0.2, 0.25) is 0 Å². The van der Waals surface area contributed by atoms with E-state index in [1.165, 1.54) is 25.8 Å². The van der Waals surface area contributed by atoms with Crippen LogP contribution < -0.4 is 0 Å². The second-order valence-corrected chi connectivity index (χ2v) is 4.25. The zero-order chi connectivity index (χ0) is 9.26. The third kappa shape index (κ3) is 2.39. The van der Waals surface area contributed by atoms with Gasteiger partial charge in [-0.1, -0.05) is 6.42 Å². The molecular weight excluding hydrogens is 202 g/mol. The lowest BCUT2D eigenvalue weighted by Gasteiger charge is -2.41. The number of carbonyl (C=O) groups is 1. The van der Waals surface area contributed by atoms with Gasteiger partial charge < -0.3 is 10.0 Å². The molecule has 1 N–H and O–H groups in total. The Hall–Kier alpha value is -0.280. The highest BCUT2D eigenvalue weighted by Gasteiger charge is 2.32. The van der Waals surface area contributed by atoms with Gasteiger partial charge in [0, 0.05) is 6.04 Å². The molecule has 0 spiro atoms. The van der Waals surface area contributed by atoms with Crippen molar-refractivity contribution in [3.05, 3.63) is 0 Å². The molecule has 0 bridgehead atoms. The molecule has 2 heterocycles. The maximum Gasteiger partial charge on any atom is 0.306 e. The predicted octanol–water partition coefficient (Wildman–Crippen LogP) is 1.76. The molecule has 2 aliphatic rings. The number of halogens is 1. The fraction of sp³-hybridized carbons (Fsp3) is 0.900. The highest BCUT2D eigenvalue weighted by molar-refractivity contribution is 5.85. The number of aliphatic carboxylic acids is 1. The lowest BCUT2D eigenvalue weighted by Crippen LogP contribution is -2.46. The van der Waals surface area contributed by atoms with Crippen LogP contribution in [-0.2, 0) is 4.79 Å². The molecule has 0 aromatic heterocycles. The summed E-state index contributed by atoms with van der Waals surface area (Å²) >= 11 is 0. The fourth-order valence-corrected chi connectivity index (χ4v) is 2.61. The Bertz CT molecular complexity index is 210. The van der Waals surface area contributed by atoms with Gasteiger partial charge in [-0.3, -0.25) is 4.79 Å². The van der Waals surface area contributed by atoms with Gasteiger partial charge in [0.05, 0.1) is 5.92 Å². The van der Waals surface area contributed by atoms with Crippen LogP contribution in [0.4, 0.5) is 0 Å². The van der Waals surface area contributed by atoms with Crippen molar-refractivity contribution < 1.29 is 9.90 Å². The first-order chi connectivity index (χ1) is 6.27. The second-order valence-electron chi connectivity index (χ2n) is 4.25. The lowest BCUT2D eigenvalue weighted by molar-refractivity contribution is -0.144. The van der Waals surface area contributed by atoms with Crippen molar-refractivity contribution in [2.45, 2.75) is 38.1 Å². The van der Waals surface area contributed by atoms with Gasteiger partial charge in [0.15, 0.2) is 0 Å². The first-order valence-electron chi connectivity index (χ1n) is 5.24. The number of piperidine rings is 2. The minimum absolute atomic E-state index is 0. The quantitative estimate of drug-likeness (QED) is 0.731. The van der Waals surface area contributed by atoms with E-state index >= 15 is 0 Å². The number of fused-ring (bicyclic) bond motifs is 1. The molecule has 0 radical (unpaired) electrons. The van der Waals surface area contributed by atoms with Crippen LogP contribution >= 0.6 is 12.4 Å². The van der Waals surface area contributed by atoms with E-state index in [1.807, 2.05) is 0 Å². The van der Waals surface area contributed by atoms with Crippen LogP contribution in [0, 0.1) is 5.92 Å². The summed E-state index contributed by atoms with van der Waals surface area (Å²) in [6.45, 7) is 2.19. The number of hydrogen-bond acceptors (Lipinski definition) is 2. The minimum atomic E-state index is -0.592. The first-order valence-corrected chi connectivity index (χ1v) is 5.24. The molecule has 0 aromatic carbocycles. The number of hydrogen-bond donors (Lipinski definition) is 1. The molecule has 0 aromatic rings. The number of nitrogens with zero attached hydrogens (tertiary/aromatic N) is 1. The highest BCUT2D eigenvalue weighted by Crippen LogP contribution is 2.29. The van der Waals surface area contributed by atoms with Crippen molar-refractivity contribution >= 4 is 18.4 Å². The zero-order valence-electron chi connectivity index (χ0n) is 8.32. The van der Waals surface area contributed by atoms with Gasteiger partial charge in [-0.05, 0) is 38.8 Å². The third-order valence-electron chi connectivity index (χ3n) is 3.42. The SMILES string of the molecule is Cl.O=C(O)C1CCN2CCCCC2C1. The summed E-state index contributed by atoms with van der Waals surface area (Å²) < 4.78 is 0. The average Bonchev–Trinajstić information content (AvgIpc) is 2.17. The van der Waals surface area contributed by atoms with E-state index in [2.05, 4.69) is 4.90 Å². The van der Waals surface area contributed by atoms with E-state index < -0.39 is 5.97 Å². The van der Waals surface area contributed by atoms with Crippen molar-refractivity contribution in [1.29, 1.82) is 0 Å². The largest absolute Gasteiger partial charge is 0.481 e. The summed E-state index contributed by atoms with van der Waals surface area (Å²) in [5.74, 6) is -0.662. The Morgan fingerprint density at radius 1 is 1.21 bits per heavy atom. The summed E-state index contributed by atoms with van der Waals surface area (Å²) in [7, 11) is 0. The molecule has 0 amide bonds. The minimum Gasteiger partial charge on any atom is -0.481 e. The summed E-state index contributed by atoms with van der Waals surface area (Å²) in [6.07, 6.45) is 5.53. The molecule has 3 nitrogen and oxygen atoms in total. The van der Waals surface area contributed by atoms with Crippen LogP contribution in [0.1, 0.15) is 32.1 Å². The Morgan fingerprint density at radius 3 is 2.71 bits per heavy atom. The van der Waals surface area contributed by atoms with Gasteiger partial charge in [-0.25, -0.2) is 0 Å². The normalized spacial score (nSPS) is 32.9. The molecule has 2 saturated heterocycles. The summed E-state index contributed by atoms with van der Waals surface area (Å²) in [5, 5.41) is 8.91. The molecular formula is C10H18ClNO2. The van der Waals surface area contributed by atoms with Crippen LogP contribution in [0.25, 0.3) is 0 Å². The second kappa shape index (κ2) is 4.99. The van der Waals surface area contributed by atoms with Gasteiger partial charge in [-0.2, -0.15) is 0 Å². The van der Waals surface area contributed by atoms with Crippen LogP contribution in [-0.4, -0.2) is 35.1 Å². The lowest BCUT2D eigenvalue weighted by atomic mass is 9.86. The number of rotatable bonds is 1. The van der Waals surface area contributed by atoms with Crippen molar-refractivity contribution in [2.24, 2.45) is 5.92 Å². The van der Waals surface area contributed by atoms with Crippen molar-refractivity contribution in [3.63, 3.8) is 0 Å². The van der Waals surface area contributed by atoms with E-state index in [0.29, 0.717) is 6.04 Å². The Labute approximate surface area is 90.9 Å².